The molecule has 1 aromatic carbocycles. The maximum atomic E-state index is 12.5. The van der Waals surface area contributed by atoms with Crippen LogP contribution in [0.2, 0.25) is 0 Å². The van der Waals surface area contributed by atoms with Gasteiger partial charge in [0.15, 0.2) is 0 Å². The highest BCUT2D eigenvalue weighted by atomic mass is 32.2. The molecule has 170 valence electrons. The number of para-hydroxylation sites is 2. The molecular formula is C22H32N4O4S. The Morgan fingerprint density at radius 3 is 2.74 bits per heavy atom. The minimum Gasteiger partial charge on any atom is -0.375 e. The second-order valence-electron chi connectivity index (χ2n) is 8.93. The molecule has 4 rings (SSSR count). The normalized spacial score (nSPS) is 22.1. The van der Waals surface area contributed by atoms with Crippen molar-refractivity contribution in [2.24, 2.45) is 13.0 Å². The third-order valence-electron chi connectivity index (χ3n) is 6.72. The summed E-state index contributed by atoms with van der Waals surface area (Å²) in [6, 6.07) is 8.03. The number of benzene rings is 1. The molecular weight excluding hydrogens is 416 g/mol. The van der Waals surface area contributed by atoms with Crippen molar-refractivity contribution in [3.05, 3.63) is 30.1 Å². The van der Waals surface area contributed by atoms with Gasteiger partial charge in [-0.05, 0) is 43.7 Å². The Bertz CT molecular complexity index is 1040. The summed E-state index contributed by atoms with van der Waals surface area (Å²) in [7, 11) is -1.15. The molecule has 9 heteroatoms. The number of fused-ring (bicyclic) bond motifs is 1. The van der Waals surface area contributed by atoms with Gasteiger partial charge in [-0.1, -0.05) is 12.1 Å². The first-order chi connectivity index (χ1) is 14.8. The van der Waals surface area contributed by atoms with Gasteiger partial charge in [-0.25, -0.2) is 17.7 Å². The Hall–Kier alpha value is -1.97. The van der Waals surface area contributed by atoms with Crippen LogP contribution in [0.4, 0.5) is 0 Å². The van der Waals surface area contributed by atoms with Gasteiger partial charge in [0.1, 0.15) is 5.82 Å². The predicted octanol–water partition coefficient (Wildman–Crippen LogP) is 1.84. The predicted molar refractivity (Wildman–Crippen MR) is 119 cm³/mol. The molecule has 1 N–H and O–H groups in total. The van der Waals surface area contributed by atoms with Gasteiger partial charge < -0.3 is 14.6 Å². The van der Waals surface area contributed by atoms with E-state index < -0.39 is 10.0 Å². The monoisotopic (exact) mass is 448 g/mol. The summed E-state index contributed by atoms with van der Waals surface area (Å²) in [5, 5.41) is 3.05. The van der Waals surface area contributed by atoms with Crippen LogP contribution >= 0.6 is 0 Å². The van der Waals surface area contributed by atoms with Crippen molar-refractivity contribution >= 4 is 27.0 Å². The highest BCUT2D eigenvalue weighted by Crippen LogP contribution is 2.39. The number of aryl methyl sites for hydroxylation is 1. The number of hydrogen-bond donors (Lipinski definition) is 1. The second kappa shape index (κ2) is 8.88. The lowest BCUT2D eigenvalue weighted by Crippen LogP contribution is -2.50. The molecule has 2 aliphatic rings. The quantitative estimate of drug-likeness (QED) is 0.728. The lowest BCUT2D eigenvalue weighted by atomic mass is 9.78. The molecule has 0 aliphatic carbocycles. The molecule has 1 amide bonds. The van der Waals surface area contributed by atoms with Crippen LogP contribution in [0.1, 0.15) is 37.9 Å². The maximum absolute atomic E-state index is 12.5. The first kappa shape index (κ1) is 22.2. The largest absolute Gasteiger partial charge is 0.375 e. The fourth-order valence-electron chi connectivity index (χ4n) is 4.94. The molecule has 0 radical (unpaired) electrons. The summed E-state index contributed by atoms with van der Waals surface area (Å²) in [4.78, 5) is 17.2. The molecule has 0 saturated carbocycles. The highest BCUT2D eigenvalue weighted by Gasteiger charge is 2.42. The smallest absolute Gasteiger partial charge is 0.220 e. The molecule has 2 fully saturated rings. The Balaban J connectivity index is 1.25. The highest BCUT2D eigenvalue weighted by molar-refractivity contribution is 7.88. The van der Waals surface area contributed by atoms with E-state index in [1.165, 1.54) is 10.6 Å². The number of amides is 1. The third kappa shape index (κ3) is 5.10. The zero-order valence-corrected chi connectivity index (χ0v) is 19.2. The van der Waals surface area contributed by atoms with E-state index in [1.54, 1.807) is 0 Å². The van der Waals surface area contributed by atoms with Crippen molar-refractivity contribution in [1.29, 1.82) is 0 Å². The Labute approximate surface area is 184 Å². The minimum absolute atomic E-state index is 0.0642. The number of ether oxygens (including phenoxy) is 1. The van der Waals surface area contributed by atoms with Crippen molar-refractivity contribution in [3.8, 4) is 0 Å². The van der Waals surface area contributed by atoms with Gasteiger partial charge in [-0.15, -0.1) is 0 Å². The molecule has 1 aromatic heterocycles. The third-order valence-corrected chi connectivity index (χ3v) is 8.03. The van der Waals surface area contributed by atoms with E-state index >= 15 is 0 Å². The van der Waals surface area contributed by atoms with Crippen LogP contribution in [0.3, 0.4) is 0 Å². The van der Waals surface area contributed by atoms with Crippen molar-refractivity contribution in [1.82, 2.24) is 19.2 Å². The number of piperidine rings is 1. The molecule has 2 aliphatic heterocycles. The van der Waals surface area contributed by atoms with Crippen LogP contribution < -0.4 is 5.32 Å². The number of carbonyl (C=O) groups excluding carboxylic acids is 1. The first-order valence-corrected chi connectivity index (χ1v) is 12.9. The van der Waals surface area contributed by atoms with Crippen molar-refractivity contribution < 1.29 is 17.9 Å². The van der Waals surface area contributed by atoms with E-state index in [1.807, 2.05) is 31.3 Å². The average Bonchev–Trinajstić information content (AvgIpc) is 3.04. The fraction of sp³-hybridized carbons (Fsp3) is 0.636. The van der Waals surface area contributed by atoms with Crippen LogP contribution in [0.25, 0.3) is 11.0 Å². The summed E-state index contributed by atoms with van der Waals surface area (Å²) in [5.74, 6) is 1.30. The maximum Gasteiger partial charge on any atom is 0.220 e. The van der Waals surface area contributed by atoms with E-state index in [-0.39, 0.29) is 17.4 Å². The number of nitrogens with zero attached hydrogens (tertiary/aromatic N) is 3. The van der Waals surface area contributed by atoms with Crippen LogP contribution in [0, 0.1) is 5.92 Å². The van der Waals surface area contributed by atoms with E-state index in [0.29, 0.717) is 51.9 Å². The van der Waals surface area contributed by atoms with Gasteiger partial charge >= 0.3 is 0 Å². The lowest BCUT2D eigenvalue weighted by molar-refractivity contribution is -0.132. The molecule has 0 bridgehead atoms. The summed E-state index contributed by atoms with van der Waals surface area (Å²) in [5.41, 5.74) is 1.79. The number of carbonyl (C=O) groups is 1. The minimum atomic E-state index is -3.15. The number of sulfonamides is 1. The first-order valence-electron chi connectivity index (χ1n) is 11.0. The summed E-state index contributed by atoms with van der Waals surface area (Å²) in [6.45, 7) is 2.19. The number of hydrogen-bond acceptors (Lipinski definition) is 5. The Morgan fingerprint density at radius 1 is 1.29 bits per heavy atom. The van der Waals surface area contributed by atoms with Gasteiger partial charge in [0.25, 0.3) is 0 Å². The molecule has 2 aromatic rings. The van der Waals surface area contributed by atoms with E-state index in [2.05, 4.69) is 14.9 Å². The van der Waals surface area contributed by atoms with Crippen molar-refractivity contribution in [2.75, 3.05) is 32.5 Å². The Kier molecular flexibility index (Phi) is 6.37. The van der Waals surface area contributed by atoms with Gasteiger partial charge in [0.05, 0.1) is 22.9 Å². The standard InChI is InChI=1S/C22H32N4O4S/c1-25-19-6-4-3-5-18(19)24-20(25)7-11-23-21(27)15-17-8-14-30-22(16-17)9-12-26(13-10-22)31(2,28)29/h3-6,17H,7-16H2,1-2H3,(H,23,27). The number of imidazole rings is 1. The van der Waals surface area contributed by atoms with Crippen molar-refractivity contribution in [2.45, 2.75) is 44.1 Å². The SMILES string of the molecule is Cn1c(CCNC(=O)CC2CCOC3(CCN(S(C)(=O)=O)CC3)C2)nc2ccccc21. The Morgan fingerprint density at radius 2 is 2.03 bits per heavy atom. The zero-order valence-electron chi connectivity index (χ0n) is 18.3. The molecule has 1 spiro atoms. The van der Waals surface area contributed by atoms with Crippen molar-refractivity contribution in [3.63, 3.8) is 0 Å². The van der Waals surface area contributed by atoms with E-state index in [9.17, 15) is 13.2 Å². The molecule has 2 saturated heterocycles. The molecule has 8 nitrogen and oxygen atoms in total. The molecule has 1 atom stereocenters. The summed E-state index contributed by atoms with van der Waals surface area (Å²) >= 11 is 0. The molecule has 1 unspecified atom stereocenters. The average molecular weight is 449 g/mol. The van der Waals surface area contributed by atoms with E-state index in [0.717, 1.165) is 29.7 Å². The van der Waals surface area contributed by atoms with Crippen LogP contribution in [-0.2, 0) is 33.0 Å². The number of aromatic nitrogens is 2. The second-order valence-corrected chi connectivity index (χ2v) is 10.9. The van der Waals surface area contributed by atoms with E-state index in [4.69, 9.17) is 4.74 Å². The summed E-state index contributed by atoms with van der Waals surface area (Å²) in [6.07, 6.45) is 5.53. The van der Waals surface area contributed by atoms with Crippen LogP contribution in [0.5, 0.6) is 0 Å². The molecule has 31 heavy (non-hydrogen) atoms. The van der Waals surface area contributed by atoms with Gasteiger partial charge in [0.2, 0.25) is 15.9 Å². The lowest BCUT2D eigenvalue weighted by Gasteiger charge is -2.45. The van der Waals surface area contributed by atoms with Crippen LogP contribution in [-0.4, -0.2) is 66.3 Å². The van der Waals surface area contributed by atoms with Gasteiger partial charge in [0, 0.05) is 46.1 Å². The topological polar surface area (TPSA) is 93.5 Å². The zero-order chi connectivity index (χ0) is 22.1. The summed E-state index contributed by atoms with van der Waals surface area (Å²) < 4.78 is 33.2. The fourth-order valence-corrected chi connectivity index (χ4v) is 5.79. The van der Waals surface area contributed by atoms with Crippen LogP contribution in [0.15, 0.2) is 24.3 Å². The number of rotatable bonds is 6. The van der Waals surface area contributed by atoms with Gasteiger partial charge in [-0.2, -0.15) is 0 Å². The number of nitrogens with one attached hydrogen (secondary N) is 1. The molecule has 3 heterocycles. The van der Waals surface area contributed by atoms with Gasteiger partial charge in [-0.3, -0.25) is 4.79 Å².